The van der Waals surface area contributed by atoms with Crippen LogP contribution in [0.2, 0.25) is 0 Å². The SMILES string of the molecule is OC(CCl)CC#CC1=CCCCC1. The van der Waals surface area contributed by atoms with Gasteiger partial charge in [-0.1, -0.05) is 17.9 Å². The summed E-state index contributed by atoms with van der Waals surface area (Å²) >= 11 is 5.44. The summed E-state index contributed by atoms with van der Waals surface area (Å²) in [5, 5.41) is 9.13. The molecule has 1 unspecified atom stereocenters. The van der Waals surface area contributed by atoms with Crippen LogP contribution in [0, 0.1) is 11.8 Å². The van der Waals surface area contributed by atoms with Crippen LogP contribution in [0.25, 0.3) is 0 Å². The molecule has 1 atom stereocenters. The molecule has 0 bridgehead atoms. The molecular formula is C11H15ClO. The Morgan fingerprint density at radius 1 is 1.54 bits per heavy atom. The second kappa shape index (κ2) is 6.07. The standard InChI is InChI=1S/C11H15ClO/c12-9-11(13)8-4-7-10-5-2-1-3-6-10/h5,11,13H,1-3,6,8-9H2. The fraction of sp³-hybridized carbons (Fsp3) is 0.636. The summed E-state index contributed by atoms with van der Waals surface area (Å²) in [6, 6.07) is 0. The first kappa shape index (κ1) is 10.6. The Bertz CT molecular complexity index is 234. The van der Waals surface area contributed by atoms with Gasteiger partial charge in [0.05, 0.1) is 6.10 Å². The predicted molar refractivity (Wildman–Crippen MR) is 55.7 cm³/mol. The molecule has 1 rings (SSSR count). The highest BCUT2D eigenvalue weighted by Crippen LogP contribution is 2.16. The molecule has 72 valence electrons. The van der Waals surface area contributed by atoms with E-state index in [0.29, 0.717) is 6.42 Å². The third-order valence-corrected chi connectivity index (χ3v) is 2.41. The molecule has 1 nitrogen and oxygen atoms in total. The molecule has 1 aliphatic rings. The van der Waals surface area contributed by atoms with Crippen molar-refractivity contribution in [3.05, 3.63) is 11.6 Å². The highest BCUT2D eigenvalue weighted by atomic mass is 35.5. The minimum Gasteiger partial charge on any atom is -0.391 e. The Labute approximate surface area is 84.8 Å². The average Bonchev–Trinajstić information content (AvgIpc) is 2.19. The van der Waals surface area contributed by atoms with Crippen molar-refractivity contribution in [2.75, 3.05) is 5.88 Å². The van der Waals surface area contributed by atoms with Crippen molar-refractivity contribution in [1.82, 2.24) is 0 Å². The quantitative estimate of drug-likeness (QED) is 0.534. The Kier molecular flexibility index (Phi) is 4.97. The van der Waals surface area contributed by atoms with Crippen molar-refractivity contribution < 1.29 is 5.11 Å². The van der Waals surface area contributed by atoms with E-state index in [9.17, 15) is 0 Å². The van der Waals surface area contributed by atoms with E-state index in [1.165, 1.54) is 18.4 Å². The summed E-state index contributed by atoms with van der Waals surface area (Å²) in [5.41, 5.74) is 1.23. The zero-order chi connectivity index (χ0) is 9.52. The van der Waals surface area contributed by atoms with Gasteiger partial charge in [-0.25, -0.2) is 0 Å². The first-order chi connectivity index (χ1) is 6.33. The van der Waals surface area contributed by atoms with Gasteiger partial charge in [-0.3, -0.25) is 0 Å². The molecule has 1 aliphatic carbocycles. The first-order valence-electron chi connectivity index (χ1n) is 4.75. The van der Waals surface area contributed by atoms with Gasteiger partial charge < -0.3 is 5.11 Å². The molecule has 0 aromatic carbocycles. The van der Waals surface area contributed by atoms with Gasteiger partial charge in [0, 0.05) is 12.3 Å². The molecule has 0 aromatic heterocycles. The lowest BCUT2D eigenvalue weighted by atomic mass is 10.00. The fourth-order valence-electron chi connectivity index (χ4n) is 1.29. The van der Waals surface area contributed by atoms with Crippen LogP contribution in [0.1, 0.15) is 32.1 Å². The summed E-state index contributed by atoms with van der Waals surface area (Å²) in [5.74, 6) is 6.30. The van der Waals surface area contributed by atoms with Crippen LogP contribution in [0.4, 0.5) is 0 Å². The van der Waals surface area contributed by atoms with Gasteiger partial charge in [0.15, 0.2) is 0 Å². The van der Waals surface area contributed by atoms with E-state index in [4.69, 9.17) is 16.7 Å². The van der Waals surface area contributed by atoms with Crippen LogP contribution < -0.4 is 0 Å². The fourth-order valence-corrected chi connectivity index (χ4v) is 1.40. The maximum Gasteiger partial charge on any atom is 0.0784 e. The largest absolute Gasteiger partial charge is 0.391 e. The lowest BCUT2D eigenvalue weighted by Crippen LogP contribution is -2.05. The monoisotopic (exact) mass is 198 g/mol. The second-order valence-electron chi connectivity index (χ2n) is 3.29. The van der Waals surface area contributed by atoms with E-state index < -0.39 is 6.10 Å². The summed E-state index contributed by atoms with van der Waals surface area (Å²) in [6.45, 7) is 0. The molecule has 2 heteroatoms. The number of hydrogen-bond acceptors (Lipinski definition) is 1. The van der Waals surface area contributed by atoms with Crippen LogP contribution in [0.5, 0.6) is 0 Å². The zero-order valence-corrected chi connectivity index (χ0v) is 8.48. The minimum atomic E-state index is -0.474. The third-order valence-electron chi connectivity index (χ3n) is 2.06. The van der Waals surface area contributed by atoms with Gasteiger partial charge >= 0.3 is 0 Å². The van der Waals surface area contributed by atoms with Gasteiger partial charge in [0.25, 0.3) is 0 Å². The minimum absolute atomic E-state index is 0.272. The Balaban J connectivity index is 2.33. The molecule has 0 radical (unpaired) electrons. The molecule has 13 heavy (non-hydrogen) atoms. The van der Waals surface area contributed by atoms with Crippen molar-refractivity contribution in [2.45, 2.75) is 38.2 Å². The molecule has 0 saturated carbocycles. The topological polar surface area (TPSA) is 20.2 Å². The van der Waals surface area contributed by atoms with Crippen LogP contribution in [-0.4, -0.2) is 17.1 Å². The van der Waals surface area contributed by atoms with Gasteiger partial charge in [-0.15, -0.1) is 11.6 Å². The molecule has 0 saturated heterocycles. The molecular weight excluding hydrogens is 184 g/mol. The number of aliphatic hydroxyl groups excluding tert-OH is 1. The summed E-state index contributed by atoms with van der Waals surface area (Å²) in [7, 11) is 0. The average molecular weight is 199 g/mol. The van der Waals surface area contributed by atoms with Gasteiger partial charge in [0.2, 0.25) is 0 Å². The predicted octanol–water partition coefficient (Wildman–Crippen LogP) is 2.48. The zero-order valence-electron chi connectivity index (χ0n) is 7.72. The molecule has 0 spiro atoms. The molecule has 0 aromatic rings. The van der Waals surface area contributed by atoms with Crippen LogP contribution in [0.15, 0.2) is 11.6 Å². The third kappa shape index (κ3) is 4.36. The van der Waals surface area contributed by atoms with Crippen LogP contribution >= 0.6 is 11.6 Å². The maximum atomic E-state index is 9.13. The van der Waals surface area contributed by atoms with E-state index in [1.807, 2.05) is 0 Å². The number of aliphatic hydroxyl groups is 1. The lowest BCUT2D eigenvalue weighted by molar-refractivity contribution is 0.204. The second-order valence-corrected chi connectivity index (χ2v) is 3.60. The van der Waals surface area contributed by atoms with E-state index in [0.717, 1.165) is 12.8 Å². The number of alkyl halides is 1. The summed E-state index contributed by atoms with van der Waals surface area (Å²) in [4.78, 5) is 0. The lowest BCUT2D eigenvalue weighted by Gasteiger charge is -2.05. The van der Waals surface area contributed by atoms with Crippen molar-refractivity contribution in [1.29, 1.82) is 0 Å². The number of hydrogen-bond donors (Lipinski definition) is 1. The van der Waals surface area contributed by atoms with Gasteiger partial charge in [0.1, 0.15) is 0 Å². The highest BCUT2D eigenvalue weighted by Gasteiger charge is 2.00. The van der Waals surface area contributed by atoms with E-state index in [2.05, 4.69) is 17.9 Å². The summed E-state index contributed by atoms with van der Waals surface area (Å²) < 4.78 is 0. The number of halogens is 1. The van der Waals surface area contributed by atoms with Crippen molar-refractivity contribution >= 4 is 11.6 Å². The smallest absolute Gasteiger partial charge is 0.0784 e. The first-order valence-corrected chi connectivity index (χ1v) is 5.28. The van der Waals surface area contributed by atoms with E-state index >= 15 is 0 Å². The van der Waals surface area contributed by atoms with Crippen molar-refractivity contribution in [3.8, 4) is 11.8 Å². The maximum absolute atomic E-state index is 9.13. The normalized spacial score (nSPS) is 18.5. The van der Waals surface area contributed by atoms with Crippen LogP contribution in [-0.2, 0) is 0 Å². The van der Waals surface area contributed by atoms with Crippen molar-refractivity contribution in [2.24, 2.45) is 0 Å². The number of rotatable bonds is 2. The highest BCUT2D eigenvalue weighted by molar-refractivity contribution is 6.18. The molecule has 0 heterocycles. The van der Waals surface area contributed by atoms with Gasteiger partial charge in [-0.05, 0) is 31.3 Å². The van der Waals surface area contributed by atoms with Crippen LogP contribution in [0.3, 0.4) is 0 Å². The summed E-state index contributed by atoms with van der Waals surface area (Å²) in [6.07, 6.45) is 7.00. The Morgan fingerprint density at radius 2 is 2.38 bits per heavy atom. The van der Waals surface area contributed by atoms with E-state index in [-0.39, 0.29) is 5.88 Å². The van der Waals surface area contributed by atoms with Crippen molar-refractivity contribution in [3.63, 3.8) is 0 Å². The Hall–Kier alpha value is -0.450. The molecule has 0 fully saturated rings. The molecule has 0 amide bonds. The Morgan fingerprint density at radius 3 is 3.00 bits per heavy atom. The van der Waals surface area contributed by atoms with E-state index in [1.54, 1.807) is 0 Å². The number of allylic oxidation sites excluding steroid dienone is 2. The molecule has 1 N–H and O–H groups in total. The molecule has 0 aliphatic heterocycles. The van der Waals surface area contributed by atoms with Gasteiger partial charge in [-0.2, -0.15) is 0 Å².